The molecule has 3 heteroatoms. The first kappa shape index (κ1) is 12.7. The quantitative estimate of drug-likeness (QED) is 0.914. The van der Waals surface area contributed by atoms with Gasteiger partial charge in [0.05, 0.1) is 12.6 Å². The van der Waals surface area contributed by atoms with Crippen molar-refractivity contribution in [2.24, 2.45) is 0 Å². The van der Waals surface area contributed by atoms with Gasteiger partial charge in [0.15, 0.2) is 0 Å². The molecule has 0 fully saturated rings. The first-order chi connectivity index (χ1) is 8.24. The van der Waals surface area contributed by atoms with Crippen LogP contribution in [0.1, 0.15) is 30.5 Å². The first-order valence-corrected chi connectivity index (χ1v) is 6.84. The van der Waals surface area contributed by atoms with Crippen molar-refractivity contribution in [2.75, 3.05) is 13.2 Å². The fourth-order valence-electron chi connectivity index (χ4n) is 2.14. The largest absolute Gasteiger partial charge is 0.496 e. The van der Waals surface area contributed by atoms with Gasteiger partial charge in [-0.25, -0.2) is 0 Å². The van der Waals surface area contributed by atoms with Crippen LogP contribution < -0.4 is 5.32 Å². The molecule has 0 aromatic heterocycles. The second-order valence-electron chi connectivity index (χ2n) is 4.19. The Hall–Kier alpha value is -0.800. The number of ether oxygens (including phenoxy) is 1. The molecule has 2 nitrogen and oxygen atoms in total. The van der Waals surface area contributed by atoms with Crippen LogP contribution in [0.3, 0.4) is 0 Å². The monoisotopic (exact) mass is 295 g/mol. The third-order valence-corrected chi connectivity index (χ3v) is 3.90. The predicted octanol–water partition coefficient (Wildman–Crippen LogP) is 3.71. The maximum atomic E-state index is 5.70. The molecule has 0 saturated carbocycles. The van der Waals surface area contributed by atoms with Crippen LogP contribution in [0.15, 0.2) is 34.5 Å². The van der Waals surface area contributed by atoms with Crippen LogP contribution in [0, 0.1) is 6.92 Å². The zero-order chi connectivity index (χ0) is 12.3. The van der Waals surface area contributed by atoms with Crippen LogP contribution in [0.2, 0.25) is 0 Å². The molecule has 0 aliphatic carbocycles. The zero-order valence-electron chi connectivity index (χ0n) is 10.3. The molecule has 1 heterocycles. The third kappa shape index (κ3) is 2.72. The fourth-order valence-corrected chi connectivity index (χ4v) is 2.52. The highest BCUT2D eigenvalue weighted by Crippen LogP contribution is 2.31. The van der Waals surface area contributed by atoms with Crippen molar-refractivity contribution < 1.29 is 4.74 Å². The van der Waals surface area contributed by atoms with Crippen molar-refractivity contribution in [3.05, 3.63) is 45.6 Å². The van der Waals surface area contributed by atoms with Gasteiger partial charge in [-0.1, -0.05) is 35.0 Å². The molecule has 92 valence electrons. The van der Waals surface area contributed by atoms with Gasteiger partial charge in [-0.15, -0.1) is 0 Å². The molecule has 1 unspecified atom stereocenters. The molecular formula is C14H18BrNO. The van der Waals surface area contributed by atoms with Crippen molar-refractivity contribution in [2.45, 2.75) is 26.3 Å². The molecule has 0 amide bonds. The van der Waals surface area contributed by atoms with Gasteiger partial charge in [0.1, 0.15) is 5.76 Å². The van der Waals surface area contributed by atoms with E-state index in [2.05, 4.69) is 59.4 Å². The number of rotatable bonds is 4. The predicted molar refractivity (Wildman–Crippen MR) is 73.9 cm³/mol. The van der Waals surface area contributed by atoms with E-state index in [1.54, 1.807) is 0 Å². The average Bonchev–Trinajstić information content (AvgIpc) is 2.84. The summed E-state index contributed by atoms with van der Waals surface area (Å²) in [5.74, 6) is 1.06. The summed E-state index contributed by atoms with van der Waals surface area (Å²) in [7, 11) is 0. The molecule has 1 aliphatic heterocycles. The summed E-state index contributed by atoms with van der Waals surface area (Å²) in [5.41, 5.74) is 2.56. The van der Waals surface area contributed by atoms with Crippen molar-refractivity contribution in [1.82, 2.24) is 5.32 Å². The van der Waals surface area contributed by atoms with E-state index in [1.165, 1.54) is 11.1 Å². The van der Waals surface area contributed by atoms with Crippen LogP contribution in [0.4, 0.5) is 0 Å². The number of nitrogens with one attached hydrogen (secondary N) is 1. The van der Waals surface area contributed by atoms with Gasteiger partial charge in [0, 0.05) is 10.9 Å². The number of benzene rings is 1. The molecule has 0 bridgehead atoms. The number of likely N-dealkylation sites (N-methyl/N-ethyl adjacent to an activating group) is 1. The summed E-state index contributed by atoms with van der Waals surface area (Å²) in [5, 5.41) is 3.49. The zero-order valence-corrected chi connectivity index (χ0v) is 11.9. The van der Waals surface area contributed by atoms with Gasteiger partial charge in [0.25, 0.3) is 0 Å². The normalized spacial score (nSPS) is 16.5. The molecule has 0 saturated heterocycles. The van der Waals surface area contributed by atoms with Gasteiger partial charge < -0.3 is 10.1 Å². The van der Waals surface area contributed by atoms with E-state index in [-0.39, 0.29) is 6.04 Å². The lowest BCUT2D eigenvalue weighted by Gasteiger charge is -2.21. The van der Waals surface area contributed by atoms with E-state index in [0.29, 0.717) is 0 Å². The topological polar surface area (TPSA) is 21.3 Å². The van der Waals surface area contributed by atoms with Crippen molar-refractivity contribution in [1.29, 1.82) is 0 Å². The second kappa shape index (κ2) is 5.69. The lowest BCUT2D eigenvalue weighted by Crippen LogP contribution is -2.24. The van der Waals surface area contributed by atoms with Crippen LogP contribution in [-0.4, -0.2) is 13.2 Å². The van der Waals surface area contributed by atoms with Gasteiger partial charge in [-0.3, -0.25) is 0 Å². The van der Waals surface area contributed by atoms with Crippen molar-refractivity contribution >= 4 is 15.9 Å². The van der Waals surface area contributed by atoms with E-state index in [1.807, 2.05) is 0 Å². The summed E-state index contributed by atoms with van der Waals surface area (Å²) in [4.78, 5) is 0. The number of hydrogen-bond acceptors (Lipinski definition) is 2. The maximum Gasteiger partial charge on any atom is 0.114 e. The molecule has 1 aromatic carbocycles. The summed E-state index contributed by atoms with van der Waals surface area (Å²) in [6.07, 6.45) is 3.21. The number of hydrogen-bond donors (Lipinski definition) is 1. The Morgan fingerprint density at radius 3 is 2.94 bits per heavy atom. The highest BCUT2D eigenvalue weighted by molar-refractivity contribution is 9.10. The van der Waals surface area contributed by atoms with Crippen LogP contribution in [-0.2, 0) is 4.74 Å². The summed E-state index contributed by atoms with van der Waals surface area (Å²) in [6, 6.07) is 6.49. The van der Waals surface area contributed by atoms with Gasteiger partial charge in [-0.05, 0) is 36.7 Å². The minimum absolute atomic E-state index is 0.181. The summed E-state index contributed by atoms with van der Waals surface area (Å²) < 4.78 is 6.85. The minimum atomic E-state index is 0.181. The van der Waals surface area contributed by atoms with Crippen molar-refractivity contribution in [3.8, 4) is 0 Å². The average molecular weight is 296 g/mol. The molecule has 1 N–H and O–H groups in total. The Morgan fingerprint density at radius 1 is 1.47 bits per heavy atom. The molecule has 1 aliphatic rings. The van der Waals surface area contributed by atoms with E-state index in [9.17, 15) is 0 Å². The Kier molecular flexibility index (Phi) is 4.24. The molecule has 0 spiro atoms. The van der Waals surface area contributed by atoms with Crippen molar-refractivity contribution in [3.63, 3.8) is 0 Å². The summed E-state index contributed by atoms with van der Waals surface area (Å²) >= 11 is 3.59. The van der Waals surface area contributed by atoms with E-state index in [4.69, 9.17) is 4.74 Å². The third-order valence-electron chi connectivity index (χ3n) is 3.05. The fraction of sp³-hybridized carbons (Fsp3) is 0.429. The van der Waals surface area contributed by atoms with E-state index in [0.717, 1.165) is 29.8 Å². The van der Waals surface area contributed by atoms with Gasteiger partial charge in [0.2, 0.25) is 0 Å². The van der Waals surface area contributed by atoms with E-state index >= 15 is 0 Å². The SMILES string of the molecule is CCNC(C1=CCCO1)c1cccc(Br)c1C. The number of halogens is 1. The lowest BCUT2D eigenvalue weighted by atomic mass is 9.99. The molecule has 2 rings (SSSR count). The Labute approximate surface area is 111 Å². The smallest absolute Gasteiger partial charge is 0.114 e. The summed E-state index contributed by atoms with van der Waals surface area (Å²) in [6.45, 7) is 6.00. The van der Waals surface area contributed by atoms with Gasteiger partial charge >= 0.3 is 0 Å². The van der Waals surface area contributed by atoms with Gasteiger partial charge in [-0.2, -0.15) is 0 Å². The highest BCUT2D eigenvalue weighted by atomic mass is 79.9. The van der Waals surface area contributed by atoms with Crippen LogP contribution in [0.5, 0.6) is 0 Å². The minimum Gasteiger partial charge on any atom is -0.496 e. The highest BCUT2D eigenvalue weighted by Gasteiger charge is 2.21. The molecule has 1 aromatic rings. The first-order valence-electron chi connectivity index (χ1n) is 6.05. The van der Waals surface area contributed by atoms with E-state index < -0.39 is 0 Å². The lowest BCUT2D eigenvalue weighted by molar-refractivity contribution is 0.216. The van der Waals surface area contributed by atoms with Crippen LogP contribution >= 0.6 is 15.9 Å². The Bertz CT molecular complexity index is 428. The molecule has 17 heavy (non-hydrogen) atoms. The Morgan fingerprint density at radius 2 is 2.29 bits per heavy atom. The standard InChI is InChI=1S/C14H18BrNO/c1-3-16-14(13-8-5-9-17-13)11-6-4-7-12(15)10(11)2/h4,6-8,14,16H,3,5,9H2,1-2H3. The molecule has 1 atom stereocenters. The molecule has 0 radical (unpaired) electrons. The molecular weight excluding hydrogens is 278 g/mol. The van der Waals surface area contributed by atoms with Crippen LogP contribution in [0.25, 0.3) is 0 Å². The maximum absolute atomic E-state index is 5.70. The Balaban J connectivity index is 2.35. The second-order valence-corrected chi connectivity index (χ2v) is 5.04.